The van der Waals surface area contributed by atoms with Crippen molar-refractivity contribution in [2.24, 2.45) is 0 Å². The molecule has 0 bridgehead atoms. The van der Waals surface area contributed by atoms with Gasteiger partial charge in [0.2, 0.25) is 0 Å². The zero-order valence-corrected chi connectivity index (χ0v) is 10.8. The Morgan fingerprint density at radius 2 is 2.32 bits per heavy atom. The summed E-state index contributed by atoms with van der Waals surface area (Å²) in [6.07, 6.45) is 1.05. The van der Waals surface area contributed by atoms with Crippen molar-refractivity contribution in [3.8, 4) is 6.01 Å². The molecule has 3 rings (SSSR count). The number of imidazole rings is 1. The number of nitro benzene ring substituents is 1. The number of nitro groups is 1. The molecule has 19 heavy (non-hydrogen) atoms. The first-order valence-electron chi connectivity index (χ1n) is 5.74. The Bertz CT molecular complexity index is 595. The van der Waals surface area contributed by atoms with Crippen LogP contribution < -0.4 is 10.1 Å². The molecule has 2 aromatic rings. The largest absolute Gasteiger partial charge is 0.460 e. The second-order valence-corrected chi connectivity index (χ2v) is 4.23. The second-order valence-electron chi connectivity index (χ2n) is 4.23. The summed E-state index contributed by atoms with van der Waals surface area (Å²) in [5.41, 5.74) is 1.33. The number of nitrogens with one attached hydrogen (secondary N) is 2. The second kappa shape index (κ2) is 5.41. The van der Waals surface area contributed by atoms with Crippen molar-refractivity contribution in [3.63, 3.8) is 0 Å². The summed E-state index contributed by atoms with van der Waals surface area (Å²) in [6.45, 7) is 1.74. The maximum atomic E-state index is 10.7. The molecule has 7 nitrogen and oxygen atoms in total. The minimum absolute atomic E-state index is 0. The predicted octanol–water partition coefficient (Wildman–Crippen LogP) is 1.63. The van der Waals surface area contributed by atoms with E-state index in [0.29, 0.717) is 17.0 Å². The number of fused-ring (bicyclic) bond motifs is 1. The first-order valence-corrected chi connectivity index (χ1v) is 5.74. The molecule has 0 aliphatic carbocycles. The number of benzene rings is 1. The molecule has 102 valence electrons. The van der Waals surface area contributed by atoms with Crippen LogP contribution in [0.1, 0.15) is 6.42 Å². The van der Waals surface area contributed by atoms with Crippen LogP contribution in [0.5, 0.6) is 6.01 Å². The Morgan fingerprint density at radius 3 is 3.00 bits per heavy atom. The molecular weight excluding hydrogens is 272 g/mol. The lowest BCUT2D eigenvalue weighted by Gasteiger charge is -2.07. The Labute approximate surface area is 114 Å². The van der Waals surface area contributed by atoms with Crippen molar-refractivity contribution in [3.05, 3.63) is 28.3 Å². The number of nitrogens with zero attached hydrogens (tertiary/aromatic N) is 2. The molecule has 1 aliphatic rings. The Morgan fingerprint density at radius 1 is 1.47 bits per heavy atom. The van der Waals surface area contributed by atoms with Gasteiger partial charge in [0.25, 0.3) is 11.7 Å². The molecule has 0 saturated carbocycles. The van der Waals surface area contributed by atoms with Crippen LogP contribution in [0.25, 0.3) is 11.0 Å². The van der Waals surface area contributed by atoms with Gasteiger partial charge in [-0.2, -0.15) is 4.98 Å². The van der Waals surface area contributed by atoms with Crippen molar-refractivity contribution in [2.75, 3.05) is 13.1 Å². The summed E-state index contributed by atoms with van der Waals surface area (Å²) in [4.78, 5) is 17.4. The van der Waals surface area contributed by atoms with Gasteiger partial charge < -0.3 is 15.0 Å². The van der Waals surface area contributed by atoms with E-state index in [1.807, 2.05) is 0 Å². The first-order chi connectivity index (χ1) is 8.72. The third-order valence-corrected chi connectivity index (χ3v) is 2.95. The van der Waals surface area contributed by atoms with Gasteiger partial charge in [0.05, 0.1) is 16.0 Å². The zero-order chi connectivity index (χ0) is 12.5. The zero-order valence-electron chi connectivity index (χ0n) is 9.96. The van der Waals surface area contributed by atoms with Crippen LogP contribution in [0.3, 0.4) is 0 Å². The number of halogens is 1. The summed E-state index contributed by atoms with van der Waals surface area (Å²) < 4.78 is 5.66. The number of rotatable bonds is 3. The van der Waals surface area contributed by atoms with Gasteiger partial charge in [-0.3, -0.25) is 10.1 Å². The smallest absolute Gasteiger partial charge is 0.294 e. The van der Waals surface area contributed by atoms with E-state index in [1.54, 1.807) is 6.07 Å². The van der Waals surface area contributed by atoms with Crippen LogP contribution in [0, 0.1) is 10.1 Å². The highest BCUT2D eigenvalue weighted by Gasteiger charge is 2.18. The van der Waals surface area contributed by atoms with E-state index in [0.717, 1.165) is 19.5 Å². The highest BCUT2D eigenvalue weighted by molar-refractivity contribution is 5.85. The molecule has 0 spiro atoms. The first kappa shape index (κ1) is 13.6. The highest BCUT2D eigenvalue weighted by Crippen LogP contribution is 2.22. The average molecular weight is 285 g/mol. The lowest BCUT2D eigenvalue weighted by Crippen LogP contribution is -2.20. The fourth-order valence-electron chi connectivity index (χ4n) is 2.03. The Balaban J connectivity index is 0.00000133. The summed E-state index contributed by atoms with van der Waals surface area (Å²) in [6, 6.07) is 4.93. The molecule has 1 aliphatic heterocycles. The van der Waals surface area contributed by atoms with Crippen LogP contribution >= 0.6 is 12.4 Å². The van der Waals surface area contributed by atoms with E-state index >= 15 is 0 Å². The normalized spacial score (nSPS) is 18.2. The van der Waals surface area contributed by atoms with Crippen LogP contribution in [-0.2, 0) is 0 Å². The van der Waals surface area contributed by atoms with Crippen molar-refractivity contribution < 1.29 is 9.66 Å². The lowest BCUT2D eigenvalue weighted by atomic mass is 10.3. The Kier molecular flexibility index (Phi) is 3.87. The van der Waals surface area contributed by atoms with Gasteiger partial charge in [0, 0.05) is 18.7 Å². The number of aromatic nitrogens is 2. The molecule has 1 aromatic carbocycles. The quantitative estimate of drug-likeness (QED) is 0.660. The van der Waals surface area contributed by atoms with Gasteiger partial charge in [-0.15, -0.1) is 12.4 Å². The highest BCUT2D eigenvalue weighted by atomic mass is 35.5. The van der Waals surface area contributed by atoms with Gasteiger partial charge in [0.1, 0.15) is 6.10 Å². The number of H-pyrrole nitrogens is 1. The standard InChI is InChI=1S/C11H12N4O3.ClH/c16-15(17)7-1-2-9-10(5-7)14-11(13-9)18-8-3-4-12-6-8;/h1-2,5,8,12H,3-4,6H2,(H,13,14);1H. The third-order valence-electron chi connectivity index (χ3n) is 2.95. The maximum absolute atomic E-state index is 10.7. The summed E-state index contributed by atoms with van der Waals surface area (Å²) in [5, 5.41) is 13.9. The van der Waals surface area contributed by atoms with Crippen molar-refractivity contribution in [1.29, 1.82) is 0 Å². The lowest BCUT2D eigenvalue weighted by molar-refractivity contribution is -0.384. The fraction of sp³-hybridized carbons (Fsp3) is 0.364. The molecular formula is C11H13ClN4O3. The molecule has 1 saturated heterocycles. The van der Waals surface area contributed by atoms with Crippen LogP contribution in [0.15, 0.2) is 18.2 Å². The van der Waals surface area contributed by atoms with Gasteiger partial charge in [-0.05, 0) is 19.0 Å². The molecule has 1 unspecified atom stereocenters. The molecule has 1 fully saturated rings. The topological polar surface area (TPSA) is 93.1 Å². The number of ether oxygens (including phenoxy) is 1. The van der Waals surface area contributed by atoms with E-state index in [1.165, 1.54) is 12.1 Å². The van der Waals surface area contributed by atoms with Gasteiger partial charge in [-0.25, -0.2) is 0 Å². The van der Waals surface area contributed by atoms with E-state index < -0.39 is 4.92 Å². The van der Waals surface area contributed by atoms with E-state index in [9.17, 15) is 10.1 Å². The molecule has 2 heterocycles. The third kappa shape index (κ3) is 2.77. The monoisotopic (exact) mass is 284 g/mol. The number of aromatic amines is 1. The minimum atomic E-state index is -0.429. The minimum Gasteiger partial charge on any atom is -0.460 e. The summed E-state index contributed by atoms with van der Waals surface area (Å²) in [5.74, 6) is 0. The maximum Gasteiger partial charge on any atom is 0.294 e. The van der Waals surface area contributed by atoms with Crippen molar-refractivity contribution in [1.82, 2.24) is 15.3 Å². The van der Waals surface area contributed by atoms with Crippen LogP contribution in [-0.4, -0.2) is 34.1 Å². The molecule has 2 N–H and O–H groups in total. The van der Waals surface area contributed by atoms with Crippen molar-refractivity contribution in [2.45, 2.75) is 12.5 Å². The van der Waals surface area contributed by atoms with E-state index in [-0.39, 0.29) is 24.2 Å². The van der Waals surface area contributed by atoms with Gasteiger partial charge in [-0.1, -0.05) is 0 Å². The number of non-ortho nitro benzene ring substituents is 1. The number of hydrogen-bond donors (Lipinski definition) is 2. The fourth-order valence-corrected chi connectivity index (χ4v) is 2.03. The Hall–Kier alpha value is -1.86. The van der Waals surface area contributed by atoms with Gasteiger partial charge >= 0.3 is 0 Å². The van der Waals surface area contributed by atoms with Crippen LogP contribution in [0.4, 0.5) is 5.69 Å². The van der Waals surface area contributed by atoms with Crippen molar-refractivity contribution >= 4 is 29.1 Å². The molecule has 0 amide bonds. The molecule has 8 heteroatoms. The number of hydrogen-bond acceptors (Lipinski definition) is 5. The average Bonchev–Trinajstić information content (AvgIpc) is 2.96. The van der Waals surface area contributed by atoms with Gasteiger partial charge in [0.15, 0.2) is 0 Å². The van der Waals surface area contributed by atoms with E-state index in [2.05, 4.69) is 15.3 Å². The van der Waals surface area contributed by atoms with E-state index in [4.69, 9.17) is 4.74 Å². The molecule has 1 aromatic heterocycles. The molecule has 1 atom stereocenters. The SMILES string of the molecule is Cl.O=[N+]([O-])c1ccc2nc(OC3CCNC3)[nH]c2c1. The predicted molar refractivity (Wildman–Crippen MR) is 71.9 cm³/mol. The molecule has 0 radical (unpaired) electrons. The summed E-state index contributed by atoms with van der Waals surface area (Å²) >= 11 is 0. The summed E-state index contributed by atoms with van der Waals surface area (Å²) in [7, 11) is 0. The van der Waals surface area contributed by atoms with Crippen LogP contribution in [0.2, 0.25) is 0 Å².